The molecule has 1 unspecified atom stereocenters. The first-order valence-electron chi connectivity index (χ1n) is 10.6. The first kappa shape index (κ1) is 23.2. The van der Waals surface area contributed by atoms with Crippen molar-refractivity contribution in [2.24, 2.45) is 5.73 Å². The van der Waals surface area contributed by atoms with E-state index in [1.807, 2.05) is 74.1 Å². The molecule has 0 saturated heterocycles. The molecule has 168 valence electrons. The molecule has 1 amide bonds. The fraction of sp³-hybridized carbons (Fsp3) is 0.185. The topological polar surface area (TPSA) is 65.2 Å². The largest absolute Gasteiger partial charge is 0.488 e. The van der Waals surface area contributed by atoms with E-state index in [1.165, 1.54) is 11.8 Å². The molecule has 0 bridgehead atoms. The third kappa shape index (κ3) is 4.87. The first-order chi connectivity index (χ1) is 16.0. The van der Waals surface area contributed by atoms with E-state index in [1.54, 1.807) is 11.8 Å². The van der Waals surface area contributed by atoms with Crippen molar-refractivity contribution < 1.29 is 9.53 Å². The van der Waals surface area contributed by atoms with Crippen LogP contribution in [0, 0.1) is 6.92 Å². The molecule has 2 N–H and O–H groups in total. The van der Waals surface area contributed by atoms with E-state index >= 15 is 0 Å². The lowest BCUT2D eigenvalue weighted by Crippen LogP contribution is -2.22. The van der Waals surface area contributed by atoms with Crippen molar-refractivity contribution in [2.45, 2.75) is 22.8 Å². The Morgan fingerprint density at radius 1 is 1.09 bits per heavy atom. The lowest BCUT2D eigenvalue weighted by Gasteiger charge is -2.23. The zero-order valence-corrected chi connectivity index (χ0v) is 20.5. The SMILES string of the molecule is CSc1cc(C)nc(SC)c1C(C=CC1=C(c2ccccc2)c2ccccc2OC1)C(N)=O. The van der Waals surface area contributed by atoms with Crippen LogP contribution in [0.2, 0.25) is 0 Å². The second kappa shape index (κ2) is 10.3. The molecule has 0 saturated carbocycles. The summed E-state index contributed by atoms with van der Waals surface area (Å²) in [5, 5.41) is 0.829. The number of hydrogen-bond acceptors (Lipinski definition) is 5. The molecule has 0 radical (unpaired) electrons. The number of rotatable bonds is 7. The molecule has 0 spiro atoms. The molecule has 1 aliphatic rings. The maximum Gasteiger partial charge on any atom is 0.228 e. The fourth-order valence-corrected chi connectivity index (χ4v) is 5.55. The molecule has 33 heavy (non-hydrogen) atoms. The molecule has 2 aromatic carbocycles. The smallest absolute Gasteiger partial charge is 0.228 e. The predicted octanol–water partition coefficient (Wildman–Crippen LogP) is 5.85. The summed E-state index contributed by atoms with van der Waals surface area (Å²) >= 11 is 3.13. The summed E-state index contributed by atoms with van der Waals surface area (Å²) in [7, 11) is 0. The molecular formula is C27H26N2O2S2. The van der Waals surface area contributed by atoms with E-state index in [0.717, 1.165) is 49.2 Å². The number of amides is 1. The Hall–Kier alpha value is -2.96. The number of aromatic nitrogens is 1. The number of nitrogens with two attached hydrogens (primary N) is 1. The highest BCUT2D eigenvalue weighted by Crippen LogP contribution is 2.39. The number of hydrogen-bond donors (Lipinski definition) is 1. The number of carbonyl (C=O) groups is 1. The lowest BCUT2D eigenvalue weighted by atomic mass is 9.89. The summed E-state index contributed by atoms with van der Waals surface area (Å²) in [6.07, 6.45) is 7.86. The number of ether oxygens (including phenoxy) is 1. The van der Waals surface area contributed by atoms with Crippen LogP contribution in [0.1, 0.15) is 28.3 Å². The fourth-order valence-electron chi connectivity index (χ4n) is 4.06. The van der Waals surface area contributed by atoms with E-state index < -0.39 is 11.8 Å². The van der Waals surface area contributed by atoms with Gasteiger partial charge in [0.05, 0.1) is 5.92 Å². The zero-order valence-electron chi connectivity index (χ0n) is 18.9. The number of para-hydroxylation sites is 1. The monoisotopic (exact) mass is 474 g/mol. The Morgan fingerprint density at radius 3 is 2.52 bits per heavy atom. The van der Waals surface area contributed by atoms with E-state index in [9.17, 15) is 4.79 Å². The number of primary amides is 1. The van der Waals surface area contributed by atoms with Crippen LogP contribution in [0.4, 0.5) is 0 Å². The molecule has 1 atom stereocenters. The highest BCUT2D eigenvalue weighted by Gasteiger charge is 2.25. The third-order valence-corrected chi connectivity index (χ3v) is 7.03. The van der Waals surface area contributed by atoms with Crippen molar-refractivity contribution in [3.05, 3.63) is 101 Å². The molecule has 3 aromatic rings. The van der Waals surface area contributed by atoms with Gasteiger partial charge in [0.15, 0.2) is 0 Å². The van der Waals surface area contributed by atoms with Gasteiger partial charge in [-0.05, 0) is 48.3 Å². The molecule has 6 heteroatoms. The van der Waals surface area contributed by atoms with Gasteiger partial charge in [-0.25, -0.2) is 4.98 Å². The summed E-state index contributed by atoms with van der Waals surface area (Å²) in [5.74, 6) is -0.136. The minimum absolute atomic E-state index is 0.401. The number of benzene rings is 2. The summed E-state index contributed by atoms with van der Waals surface area (Å²) in [4.78, 5) is 18.3. The average Bonchev–Trinajstić information content (AvgIpc) is 2.84. The molecule has 2 heterocycles. The van der Waals surface area contributed by atoms with Gasteiger partial charge < -0.3 is 10.5 Å². The standard InChI is InChI=1S/C27H26N2O2S2/c1-17-15-23(32-2)25(27(29-17)33-3)21(26(28)30)14-13-19-16-31-22-12-8-7-11-20(22)24(19)18-9-5-4-6-10-18/h4-15,21H,16H2,1-3H3,(H2,28,30). The van der Waals surface area contributed by atoms with Crippen LogP contribution < -0.4 is 10.5 Å². The summed E-state index contributed by atoms with van der Waals surface area (Å²) < 4.78 is 6.05. The Balaban J connectivity index is 1.85. The second-order valence-electron chi connectivity index (χ2n) is 7.68. The minimum atomic E-state index is -0.593. The third-order valence-electron chi connectivity index (χ3n) is 5.56. The van der Waals surface area contributed by atoms with Crippen molar-refractivity contribution in [3.8, 4) is 5.75 Å². The van der Waals surface area contributed by atoms with Crippen molar-refractivity contribution in [3.63, 3.8) is 0 Å². The molecule has 1 aromatic heterocycles. The van der Waals surface area contributed by atoms with Gasteiger partial charge in [0.2, 0.25) is 5.91 Å². The Morgan fingerprint density at radius 2 is 1.82 bits per heavy atom. The van der Waals surface area contributed by atoms with Crippen LogP contribution in [0.25, 0.3) is 5.57 Å². The summed E-state index contributed by atoms with van der Waals surface area (Å²) in [6, 6.07) is 20.3. The Kier molecular flexibility index (Phi) is 7.26. The highest BCUT2D eigenvalue weighted by atomic mass is 32.2. The maximum absolute atomic E-state index is 12.6. The zero-order chi connectivity index (χ0) is 23.4. The van der Waals surface area contributed by atoms with Crippen LogP contribution in [0.3, 0.4) is 0 Å². The second-order valence-corrected chi connectivity index (χ2v) is 9.32. The molecule has 4 nitrogen and oxygen atoms in total. The van der Waals surface area contributed by atoms with Crippen LogP contribution in [-0.2, 0) is 4.79 Å². The van der Waals surface area contributed by atoms with Crippen LogP contribution >= 0.6 is 23.5 Å². The van der Waals surface area contributed by atoms with E-state index in [2.05, 4.69) is 23.2 Å². The molecule has 0 aliphatic carbocycles. The number of fused-ring (bicyclic) bond motifs is 1. The number of thioether (sulfide) groups is 2. The first-order valence-corrected chi connectivity index (χ1v) is 13.1. The highest BCUT2D eigenvalue weighted by molar-refractivity contribution is 7.99. The van der Waals surface area contributed by atoms with Gasteiger partial charge in [-0.3, -0.25) is 4.79 Å². The minimum Gasteiger partial charge on any atom is -0.488 e. The van der Waals surface area contributed by atoms with E-state index in [-0.39, 0.29) is 0 Å². The van der Waals surface area contributed by atoms with Crippen LogP contribution in [-0.4, -0.2) is 30.0 Å². The Bertz CT molecular complexity index is 1210. The number of aryl methyl sites for hydroxylation is 1. The van der Waals surface area contributed by atoms with Crippen molar-refractivity contribution in [2.75, 3.05) is 19.1 Å². The summed E-state index contributed by atoms with van der Waals surface area (Å²) in [6.45, 7) is 2.38. The Labute approximate surface area is 203 Å². The van der Waals surface area contributed by atoms with Gasteiger partial charge in [-0.15, -0.1) is 23.5 Å². The van der Waals surface area contributed by atoms with Gasteiger partial charge in [0.25, 0.3) is 0 Å². The van der Waals surface area contributed by atoms with Gasteiger partial charge >= 0.3 is 0 Å². The summed E-state index contributed by atoms with van der Waals surface area (Å²) in [5.41, 5.74) is 11.9. The molecule has 4 rings (SSSR count). The number of carbonyl (C=O) groups excluding carboxylic acids is 1. The van der Waals surface area contributed by atoms with Crippen LogP contribution in [0.15, 0.2) is 88.3 Å². The lowest BCUT2D eigenvalue weighted by molar-refractivity contribution is -0.118. The van der Waals surface area contributed by atoms with E-state index in [4.69, 9.17) is 10.5 Å². The van der Waals surface area contributed by atoms with Gasteiger partial charge in [0, 0.05) is 21.7 Å². The normalized spacial score (nSPS) is 14.2. The van der Waals surface area contributed by atoms with Gasteiger partial charge in [0.1, 0.15) is 17.4 Å². The van der Waals surface area contributed by atoms with Crippen molar-refractivity contribution in [1.29, 1.82) is 0 Å². The molecule has 0 fully saturated rings. The van der Waals surface area contributed by atoms with Crippen molar-refractivity contribution in [1.82, 2.24) is 4.98 Å². The average molecular weight is 475 g/mol. The quantitative estimate of drug-likeness (QED) is 0.435. The molecule has 1 aliphatic heterocycles. The maximum atomic E-state index is 12.6. The van der Waals surface area contributed by atoms with Crippen LogP contribution in [0.5, 0.6) is 5.75 Å². The van der Waals surface area contributed by atoms with Crippen molar-refractivity contribution >= 4 is 35.0 Å². The number of nitrogens with zero attached hydrogens (tertiary/aromatic N) is 1. The van der Waals surface area contributed by atoms with Gasteiger partial charge in [-0.1, -0.05) is 60.7 Å². The number of pyridine rings is 1. The van der Waals surface area contributed by atoms with E-state index in [0.29, 0.717) is 6.61 Å². The van der Waals surface area contributed by atoms with Gasteiger partial charge in [-0.2, -0.15) is 0 Å². The molecular weight excluding hydrogens is 448 g/mol. The predicted molar refractivity (Wildman–Crippen MR) is 138 cm³/mol.